The van der Waals surface area contributed by atoms with Gasteiger partial charge in [0.25, 0.3) is 0 Å². The van der Waals surface area contributed by atoms with Crippen LogP contribution in [-0.2, 0) is 17.4 Å². The summed E-state index contributed by atoms with van der Waals surface area (Å²) in [5.74, 6) is -0.0317. The minimum atomic E-state index is -4.33. The molecule has 1 aromatic carbocycles. The molecule has 2 rings (SSSR count). The average molecular weight is 328 g/mol. The van der Waals surface area contributed by atoms with E-state index in [9.17, 15) is 18.0 Å². The van der Waals surface area contributed by atoms with E-state index in [2.05, 4.69) is 10.2 Å². The van der Waals surface area contributed by atoms with E-state index in [1.807, 2.05) is 7.05 Å². The van der Waals surface area contributed by atoms with Gasteiger partial charge in [0.05, 0.1) is 5.56 Å². The van der Waals surface area contributed by atoms with E-state index >= 15 is 0 Å². The zero-order valence-corrected chi connectivity index (χ0v) is 13.3. The SMILES string of the molecule is CN1CCCC[C@@H]1CC(=O)NCCc1cccc(C(F)(F)F)c1. The highest BCUT2D eigenvalue weighted by molar-refractivity contribution is 5.76. The highest BCUT2D eigenvalue weighted by atomic mass is 19.4. The van der Waals surface area contributed by atoms with Crippen LogP contribution in [0.25, 0.3) is 0 Å². The monoisotopic (exact) mass is 328 g/mol. The van der Waals surface area contributed by atoms with Gasteiger partial charge in [0.2, 0.25) is 5.91 Å². The summed E-state index contributed by atoms with van der Waals surface area (Å²) >= 11 is 0. The Kier molecular flexibility index (Phi) is 6.04. The number of likely N-dealkylation sites (tertiary alicyclic amines) is 1. The number of alkyl halides is 3. The zero-order chi connectivity index (χ0) is 16.9. The summed E-state index contributed by atoms with van der Waals surface area (Å²) in [6.45, 7) is 1.37. The van der Waals surface area contributed by atoms with E-state index in [4.69, 9.17) is 0 Å². The molecule has 0 bridgehead atoms. The molecule has 1 heterocycles. The number of carbonyl (C=O) groups excluding carboxylic acids is 1. The maximum absolute atomic E-state index is 12.6. The van der Waals surface area contributed by atoms with Gasteiger partial charge in [0, 0.05) is 19.0 Å². The first-order valence-electron chi connectivity index (χ1n) is 7.99. The molecule has 0 radical (unpaired) electrons. The Labute approximate surface area is 134 Å². The fourth-order valence-corrected chi connectivity index (χ4v) is 2.94. The number of carbonyl (C=O) groups is 1. The third-order valence-corrected chi connectivity index (χ3v) is 4.33. The zero-order valence-electron chi connectivity index (χ0n) is 13.3. The molecule has 1 aromatic rings. The Hall–Kier alpha value is -1.56. The summed E-state index contributed by atoms with van der Waals surface area (Å²) in [6.07, 6.45) is -0.131. The van der Waals surface area contributed by atoms with Crippen LogP contribution in [0.5, 0.6) is 0 Å². The summed E-state index contributed by atoms with van der Waals surface area (Å²) in [5.41, 5.74) is -0.0694. The Balaban J connectivity index is 1.77. The van der Waals surface area contributed by atoms with E-state index in [1.54, 1.807) is 6.07 Å². The molecule has 0 aliphatic carbocycles. The van der Waals surface area contributed by atoms with E-state index < -0.39 is 11.7 Å². The van der Waals surface area contributed by atoms with Crippen LogP contribution in [0.15, 0.2) is 24.3 Å². The second-order valence-corrected chi connectivity index (χ2v) is 6.13. The molecule has 128 valence electrons. The molecule has 1 aliphatic heterocycles. The fraction of sp³-hybridized carbons (Fsp3) is 0.588. The van der Waals surface area contributed by atoms with Crippen molar-refractivity contribution in [3.05, 3.63) is 35.4 Å². The van der Waals surface area contributed by atoms with Gasteiger partial charge in [-0.2, -0.15) is 13.2 Å². The Morgan fingerprint density at radius 3 is 2.83 bits per heavy atom. The van der Waals surface area contributed by atoms with Gasteiger partial charge >= 0.3 is 6.18 Å². The highest BCUT2D eigenvalue weighted by Crippen LogP contribution is 2.29. The maximum Gasteiger partial charge on any atom is 0.416 e. The minimum absolute atomic E-state index is 0.0317. The molecule has 3 nitrogen and oxygen atoms in total. The molecule has 0 unspecified atom stereocenters. The van der Waals surface area contributed by atoms with Crippen molar-refractivity contribution in [3.8, 4) is 0 Å². The minimum Gasteiger partial charge on any atom is -0.356 e. The molecule has 1 N–H and O–H groups in total. The van der Waals surface area contributed by atoms with E-state index in [-0.39, 0.29) is 11.9 Å². The molecule has 0 saturated carbocycles. The summed E-state index contributed by atoms with van der Waals surface area (Å²) in [5, 5.41) is 2.81. The van der Waals surface area contributed by atoms with Crippen molar-refractivity contribution in [2.45, 2.75) is 44.3 Å². The molecular weight excluding hydrogens is 305 g/mol. The lowest BCUT2D eigenvalue weighted by Crippen LogP contribution is -2.40. The predicted octanol–water partition coefficient (Wildman–Crippen LogP) is 3.24. The normalized spacial score (nSPS) is 19.6. The number of amides is 1. The Morgan fingerprint density at radius 2 is 2.13 bits per heavy atom. The van der Waals surface area contributed by atoms with Gasteiger partial charge in [-0.25, -0.2) is 0 Å². The fourth-order valence-electron chi connectivity index (χ4n) is 2.94. The summed E-state index contributed by atoms with van der Waals surface area (Å²) in [6, 6.07) is 5.52. The van der Waals surface area contributed by atoms with Gasteiger partial charge in [-0.05, 0) is 44.5 Å². The number of benzene rings is 1. The third kappa shape index (κ3) is 5.53. The average Bonchev–Trinajstić information content (AvgIpc) is 2.49. The number of hydrogen-bond donors (Lipinski definition) is 1. The summed E-state index contributed by atoms with van der Waals surface area (Å²) in [7, 11) is 2.03. The van der Waals surface area contributed by atoms with Gasteiger partial charge in [-0.15, -0.1) is 0 Å². The van der Waals surface area contributed by atoms with Crippen LogP contribution >= 0.6 is 0 Å². The van der Waals surface area contributed by atoms with Gasteiger partial charge in [-0.3, -0.25) is 4.79 Å². The van der Waals surface area contributed by atoms with Gasteiger partial charge in [0.1, 0.15) is 0 Å². The van der Waals surface area contributed by atoms with E-state index in [1.165, 1.54) is 12.5 Å². The third-order valence-electron chi connectivity index (χ3n) is 4.33. The Morgan fingerprint density at radius 1 is 1.35 bits per heavy atom. The maximum atomic E-state index is 12.6. The van der Waals surface area contributed by atoms with Crippen molar-refractivity contribution >= 4 is 5.91 Å². The van der Waals surface area contributed by atoms with Crippen LogP contribution in [0.3, 0.4) is 0 Å². The first-order chi connectivity index (χ1) is 10.9. The lowest BCUT2D eigenvalue weighted by atomic mass is 10.00. The Bertz CT molecular complexity index is 531. The van der Waals surface area contributed by atoms with Crippen molar-refractivity contribution in [2.75, 3.05) is 20.1 Å². The van der Waals surface area contributed by atoms with Crippen LogP contribution < -0.4 is 5.32 Å². The molecule has 6 heteroatoms. The molecule has 1 saturated heterocycles. The molecule has 0 aromatic heterocycles. The van der Waals surface area contributed by atoms with Gasteiger partial charge < -0.3 is 10.2 Å². The van der Waals surface area contributed by atoms with Crippen LogP contribution in [0, 0.1) is 0 Å². The number of nitrogens with zero attached hydrogens (tertiary/aromatic N) is 1. The first-order valence-corrected chi connectivity index (χ1v) is 7.99. The molecule has 1 aliphatic rings. The lowest BCUT2D eigenvalue weighted by molar-refractivity contribution is -0.137. The number of hydrogen-bond acceptors (Lipinski definition) is 2. The van der Waals surface area contributed by atoms with Crippen LogP contribution in [0.1, 0.15) is 36.8 Å². The van der Waals surface area contributed by atoms with Crippen molar-refractivity contribution in [3.63, 3.8) is 0 Å². The first kappa shape index (κ1) is 17.8. The van der Waals surface area contributed by atoms with Crippen molar-refractivity contribution in [1.82, 2.24) is 10.2 Å². The quantitative estimate of drug-likeness (QED) is 0.900. The van der Waals surface area contributed by atoms with Crippen molar-refractivity contribution in [1.29, 1.82) is 0 Å². The highest BCUT2D eigenvalue weighted by Gasteiger charge is 2.30. The second kappa shape index (κ2) is 7.81. The van der Waals surface area contributed by atoms with Crippen LogP contribution in [0.4, 0.5) is 13.2 Å². The van der Waals surface area contributed by atoms with Crippen LogP contribution in [-0.4, -0.2) is 37.0 Å². The summed E-state index contributed by atoms with van der Waals surface area (Å²) in [4.78, 5) is 14.2. The molecule has 1 fully saturated rings. The lowest BCUT2D eigenvalue weighted by Gasteiger charge is -2.31. The molecule has 23 heavy (non-hydrogen) atoms. The number of halogens is 3. The molecule has 1 amide bonds. The summed E-state index contributed by atoms with van der Waals surface area (Å²) < 4.78 is 37.9. The smallest absolute Gasteiger partial charge is 0.356 e. The number of piperidine rings is 1. The van der Waals surface area contributed by atoms with E-state index in [0.717, 1.165) is 31.5 Å². The molecule has 0 spiro atoms. The largest absolute Gasteiger partial charge is 0.416 e. The topological polar surface area (TPSA) is 32.3 Å². The number of nitrogens with one attached hydrogen (secondary N) is 1. The standard InChI is InChI=1S/C17H23F3N2O/c1-22-10-3-2-7-15(22)12-16(23)21-9-8-13-5-4-6-14(11-13)17(18,19)20/h4-6,11,15H,2-3,7-10,12H2,1H3,(H,21,23)/t15-/m1/s1. The number of rotatable bonds is 5. The van der Waals surface area contributed by atoms with Crippen molar-refractivity contribution in [2.24, 2.45) is 0 Å². The second-order valence-electron chi connectivity index (χ2n) is 6.13. The van der Waals surface area contributed by atoms with Crippen molar-refractivity contribution < 1.29 is 18.0 Å². The van der Waals surface area contributed by atoms with Crippen LogP contribution in [0.2, 0.25) is 0 Å². The van der Waals surface area contributed by atoms with E-state index in [0.29, 0.717) is 24.9 Å². The molecular formula is C17H23F3N2O. The van der Waals surface area contributed by atoms with Gasteiger partial charge in [-0.1, -0.05) is 24.6 Å². The predicted molar refractivity (Wildman–Crippen MR) is 83.0 cm³/mol. The molecule has 1 atom stereocenters. The van der Waals surface area contributed by atoms with Gasteiger partial charge in [0.15, 0.2) is 0 Å².